The first-order valence-electron chi connectivity index (χ1n) is 14.3. The molecule has 0 aliphatic rings. The van der Waals surface area contributed by atoms with E-state index in [0.717, 1.165) is 58.9 Å². The molecule has 8 heteroatoms. The third kappa shape index (κ3) is 3.14. The summed E-state index contributed by atoms with van der Waals surface area (Å²) < 4.78 is 12.2. The maximum atomic E-state index is 13.9. The Morgan fingerprint density at radius 1 is 0.636 bits per heavy atom. The average Bonchev–Trinajstić information content (AvgIpc) is 3.73. The molecule has 0 atom stereocenters. The molecule has 5 aromatic heterocycles. The number of aromatic nitrogens is 5. The number of imidazole rings is 1. The number of hydrogen-bond donors (Lipinski definition) is 0. The molecule has 0 saturated carbocycles. The lowest BCUT2D eigenvalue weighted by atomic mass is 10.1. The van der Waals surface area contributed by atoms with Crippen LogP contribution in [0.25, 0.3) is 87.2 Å². The van der Waals surface area contributed by atoms with Crippen molar-refractivity contribution in [1.29, 1.82) is 0 Å². The van der Waals surface area contributed by atoms with Crippen molar-refractivity contribution >= 4 is 81.3 Å². The number of fused-ring (bicyclic) bond motifs is 10. The first kappa shape index (κ1) is 23.7. The summed E-state index contributed by atoms with van der Waals surface area (Å²) in [4.78, 5) is 29.0. The van der Waals surface area contributed by atoms with E-state index in [1.165, 1.54) is 0 Å². The van der Waals surface area contributed by atoms with Crippen LogP contribution in [0.4, 0.5) is 0 Å². The summed E-state index contributed by atoms with van der Waals surface area (Å²) in [6.07, 6.45) is 0. The molecule has 0 saturated heterocycles. The van der Waals surface area contributed by atoms with E-state index < -0.39 is 0 Å². The molecule has 0 aliphatic carbocycles. The molecule has 10 aromatic rings. The minimum absolute atomic E-state index is 0.164. The zero-order valence-electron chi connectivity index (χ0n) is 22.9. The van der Waals surface area contributed by atoms with Crippen LogP contribution >= 0.6 is 11.3 Å². The van der Waals surface area contributed by atoms with Gasteiger partial charge in [-0.15, -0.1) is 11.3 Å². The summed E-state index contributed by atoms with van der Waals surface area (Å²) in [5.74, 6) is 0.819. The Morgan fingerprint density at radius 3 is 2.27 bits per heavy atom. The number of thiophene rings is 1. The van der Waals surface area contributed by atoms with Gasteiger partial charge >= 0.3 is 5.84 Å². The molecule has 0 amide bonds. The maximum absolute atomic E-state index is 13.9. The van der Waals surface area contributed by atoms with Gasteiger partial charge in [0.05, 0.1) is 43.4 Å². The molecule has 0 aliphatic heterocycles. The van der Waals surface area contributed by atoms with E-state index in [2.05, 4.69) is 52.0 Å². The van der Waals surface area contributed by atoms with Gasteiger partial charge in [0, 0.05) is 32.5 Å². The van der Waals surface area contributed by atoms with Crippen LogP contribution in [0.2, 0.25) is 0 Å². The number of hydrogen-bond acceptors (Lipinski definition) is 6. The van der Waals surface area contributed by atoms with Gasteiger partial charge in [0.15, 0.2) is 0 Å². The summed E-state index contributed by atoms with van der Waals surface area (Å²) in [6.45, 7) is 0. The molecule has 10 rings (SSSR count). The van der Waals surface area contributed by atoms with E-state index in [9.17, 15) is 4.79 Å². The van der Waals surface area contributed by atoms with Crippen molar-refractivity contribution in [3.05, 3.63) is 126 Å². The SMILES string of the molecule is O=c1c2cc3c4ccccc4n(-c4nc(-c5ccccc5)c5sc6ccccc6c5n4)c3cc2oc2nc3ccccc3n12. The number of para-hydroxylation sites is 3. The Hall–Kier alpha value is -5.86. The van der Waals surface area contributed by atoms with Gasteiger partial charge in [0.2, 0.25) is 5.95 Å². The zero-order chi connectivity index (χ0) is 28.9. The lowest BCUT2D eigenvalue weighted by Crippen LogP contribution is -2.12. The van der Waals surface area contributed by atoms with Gasteiger partial charge in [-0.1, -0.05) is 78.9 Å². The van der Waals surface area contributed by atoms with Crippen LogP contribution in [0.1, 0.15) is 0 Å². The van der Waals surface area contributed by atoms with Gasteiger partial charge in [-0.2, -0.15) is 4.98 Å². The van der Waals surface area contributed by atoms with Crippen LogP contribution < -0.4 is 5.56 Å². The smallest absolute Gasteiger partial charge is 0.310 e. The van der Waals surface area contributed by atoms with Crippen LogP contribution in [0, 0.1) is 0 Å². The van der Waals surface area contributed by atoms with Crippen LogP contribution in [-0.4, -0.2) is 23.9 Å². The molecule has 7 nitrogen and oxygen atoms in total. The van der Waals surface area contributed by atoms with E-state index >= 15 is 0 Å². The zero-order valence-corrected chi connectivity index (χ0v) is 23.7. The number of benzene rings is 5. The Bertz CT molecular complexity index is 2860. The van der Waals surface area contributed by atoms with E-state index in [1.807, 2.05) is 72.8 Å². The van der Waals surface area contributed by atoms with Crippen molar-refractivity contribution in [3.63, 3.8) is 0 Å². The van der Waals surface area contributed by atoms with Gasteiger partial charge in [-0.05, 0) is 30.3 Å². The van der Waals surface area contributed by atoms with Crippen molar-refractivity contribution in [2.45, 2.75) is 0 Å². The lowest BCUT2D eigenvalue weighted by molar-refractivity contribution is 0.617. The average molecular weight is 586 g/mol. The summed E-state index contributed by atoms with van der Waals surface area (Å²) in [7, 11) is 0. The van der Waals surface area contributed by atoms with E-state index in [4.69, 9.17) is 14.4 Å². The van der Waals surface area contributed by atoms with Crippen LogP contribution in [0.5, 0.6) is 0 Å². The van der Waals surface area contributed by atoms with E-state index in [0.29, 0.717) is 22.4 Å². The number of rotatable bonds is 2. The second-order valence-corrected chi connectivity index (χ2v) is 11.9. The third-order valence-corrected chi connectivity index (χ3v) is 9.56. The summed E-state index contributed by atoms with van der Waals surface area (Å²) in [5, 5.41) is 3.50. The molecule has 0 bridgehead atoms. The van der Waals surface area contributed by atoms with E-state index in [-0.39, 0.29) is 11.4 Å². The summed E-state index contributed by atoms with van der Waals surface area (Å²) >= 11 is 1.71. The monoisotopic (exact) mass is 585 g/mol. The Labute approximate surface area is 251 Å². The lowest BCUT2D eigenvalue weighted by Gasteiger charge is -2.10. The first-order chi connectivity index (χ1) is 21.7. The van der Waals surface area contributed by atoms with Crippen LogP contribution in [0.15, 0.2) is 124 Å². The predicted octanol–water partition coefficient (Wildman–Crippen LogP) is 8.52. The Morgan fingerprint density at radius 2 is 1.39 bits per heavy atom. The van der Waals surface area contributed by atoms with Crippen molar-refractivity contribution in [2.75, 3.05) is 0 Å². The largest absolute Gasteiger partial charge is 0.424 e. The van der Waals surface area contributed by atoms with Gasteiger partial charge in [0.25, 0.3) is 5.56 Å². The van der Waals surface area contributed by atoms with E-state index in [1.54, 1.807) is 15.7 Å². The Kier molecular flexibility index (Phi) is 4.62. The molecule has 0 N–H and O–H groups in total. The number of nitrogens with zero attached hydrogens (tertiary/aromatic N) is 5. The molecule has 0 unspecified atom stereocenters. The summed E-state index contributed by atoms with van der Waals surface area (Å²) in [5.41, 5.74) is 6.34. The van der Waals surface area contributed by atoms with Crippen LogP contribution in [0.3, 0.4) is 0 Å². The predicted molar refractivity (Wildman–Crippen MR) is 177 cm³/mol. The van der Waals surface area contributed by atoms with Gasteiger partial charge < -0.3 is 4.42 Å². The standard InChI is InChI=1S/C36H19N5O2S/c42-34-24-18-23-21-12-4-7-15-26(21)40(28(23)19-29(24)43-36-37-25-14-6-8-16-27(25)41(34)36)35-38-31(20-10-2-1-3-11-20)33-32(39-35)22-13-5-9-17-30(22)44-33/h1-19H. The maximum Gasteiger partial charge on any atom is 0.310 e. The highest BCUT2D eigenvalue weighted by molar-refractivity contribution is 7.26. The molecular weight excluding hydrogens is 566 g/mol. The van der Waals surface area contributed by atoms with Gasteiger partial charge in [0.1, 0.15) is 5.58 Å². The normalized spacial score (nSPS) is 12.2. The van der Waals surface area contributed by atoms with Crippen molar-refractivity contribution in [3.8, 4) is 17.2 Å². The molecule has 5 heterocycles. The molecule has 0 radical (unpaired) electrons. The quantitative estimate of drug-likeness (QED) is 0.203. The second kappa shape index (κ2) is 8.59. The summed E-state index contributed by atoms with van der Waals surface area (Å²) in [6, 6.07) is 38.2. The first-order valence-corrected chi connectivity index (χ1v) is 15.1. The van der Waals surface area contributed by atoms with Crippen molar-refractivity contribution < 1.29 is 4.42 Å². The third-order valence-electron chi connectivity index (χ3n) is 8.39. The van der Waals surface area contributed by atoms with Crippen molar-refractivity contribution in [1.82, 2.24) is 23.9 Å². The fraction of sp³-hybridized carbons (Fsp3) is 0. The molecule has 44 heavy (non-hydrogen) atoms. The molecule has 5 aromatic carbocycles. The fourth-order valence-electron chi connectivity index (χ4n) is 6.42. The van der Waals surface area contributed by atoms with Gasteiger partial charge in [-0.3, -0.25) is 9.36 Å². The van der Waals surface area contributed by atoms with Gasteiger partial charge in [-0.25, -0.2) is 14.4 Å². The molecule has 0 spiro atoms. The minimum atomic E-state index is -0.164. The minimum Gasteiger partial charge on any atom is -0.424 e. The highest BCUT2D eigenvalue weighted by Crippen LogP contribution is 2.40. The molecule has 206 valence electrons. The van der Waals surface area contributed by atoms with Crippen LogP contribution in [-0.2, 0) is 0 Å². The highest BCUT2D eigenvalue weighted by Gasteiger charge is 2.22. The second-order valence-electron chi connectivity index (χ2n) is 10.9. The molecular formula is C36H19N5O2S. The molecule has 0 fully saturated rings. The van der Waals surface area contributed by atoms with Crippen molar-refractivity contribution in [2.24, 2.45) is 0 Å². The fourth-order valence-corrected chi connectivity index (χ4v) is 7.57. The highest BCUT2D eigenvalue weighted by atomic mass is 32.1. The Balaban J connectivity index is 1.35. The topological polar surface area (TPSA) is 78.2 Å².